The fourth-order valence-electron chi connectivity index (χ4n) is 2.79. The summed E-state index contributed by atoms with van der Waals surface area (Å²) in [6.45, 7) is 5.99. The standard InChI is InChI=1S/C17H21N3O3S/c1-13-3-5-16(6-4-13)24(22,23)19-9-7-15(12-19)17(21)20-10-8-18-11-14(20)2/h3-7,9,12,14,18H,8,10-11H2,1-2H3. The van der Waals surface area contributed by atoms with Gasteiger partial charge < -0.3 is 10.2 Å². The molecule has 1 unspecified atom stereocenters. The number of aryl methyl sites for hydroxylation is 1. The summed E-state index contributed by atoms with van der Waals surface area (Å²) in [5.41, 5.74) is 1.38. The molecule has 7 heteroatoms. The molecule has 1 atom stereocenters. The maximum absolute atomic E-state index is 12.6. The second kappa shape index (κ2) is 6.41. The highest BCUT2D eigenvalue weighted by Gasteiger charge is 2.26. The molecule has 0 radical (unpaired) electrons. The molecule has 1 aromatic carbocycles. The molecule has 3 rings (SSSR count). The third kappa shape index (κ3) is 3.09. The van der Waals surface area contributed by atoms with Crippen LogP contribution in [0.4, 0.5) is 0 Å². The summed E-state index contributed by atoms with van der Waals surface area (Å²) in [6.07, 6.45) is 2.82. The van der Waals surface area contributed by atoms with E-state index >= 15 is 0 Å². The van der Waals surface area contributed by atoms with Gasteiger partial charge >= 0.3 is 0 Å². The smallest absolute Gasteiger partial charge is 0.267 e. The van der Waals surface area contributed by atoms with Crippen LogP contribution in [0.1, 0.15) is 22.8 Å². The number of nitrogens with one attached hydrogen (secondary N) is 1. The van der Waals surface area contributed by atoms with Crippen molar-refractivity contribution in [2.45, 2.75) is 24.8 Å². The molecule has 1 aromatic heterocycles. The van der Waals surface area contributed by atoms with Gasteiger partial charge in [-0.05, 0) is 32.0 Å². The highest BCUT2D eigenvalue weighted by atomic mass is 32.2. The Hall–Kier alpha value is -2.12. The minimum absolute atomic E-state index is 0.0864. The van der Waals surface area contributed by atoms with E-state index in [9.17, 15) is 13.2 Å². The minimum atomic E-state index is -3.68. The van der Waals surface area contributed by atoms with Gasteiger partial charge in [0.2, 0.25) is 0 Å². The van der Waals surface area contributed by atoms with Gasteiger partial charge in [-0.1, -0.05) is 17.7 Å². The lowest BCUT2D eigenvalue weighted by Crippen LogP contribution is -2.52. The lowest BCUT2D eigenvalue weighted by atomic mass is 10.2. The van der Waals surface area contributed by atoms with E-state index in [4.69, 9.17) is 0 Å². The molecular weight excluding hydrogens is 326 g/mol. The third-order valence-electron chi connectivity index (χ3n) is 4.27. The van der Waals surface area contributed by atoms with Gasteiger partial charge in [0.25, 0.3) is 15.9 Å². The molecule has 0 aliphatic carbocycles. The summed E-state index contributed by atoms with van der Waals surface area (Å²) < 4.78 is 26.4. The van der Waals surface area contributed by atoms with Crippen LogP contribution in [0.15, 0.2) is 47.6 Å². The first kappa shape index (κ1) is 16.7. The van der Waals surface area contributed by atoms with Crippen molar-refractivity contribution in [3.8, 4) is 0 Å². The lowest BCUT2D eigenvalue weighted by molar-refractivity contribution is 0.0656. The van der Waals surface area contributed by atoms with Crippen LogP contribution in [-0.4, -0.2) is 48.9 Å². The van der Waals surface area contributed by atoms with E-state index in [2.05, 4.69) is 5.32 Å². The Balaban J connectivity index is 1.87. The molecule has 2 aromatic rings. The van der Waals surface area contributed by atoms with Crippen molar-refractivity contribution < 1.29 is 13.2 Å². The molecule has 0 bridgehead atoms. The van der Waals surface area contributed by atoms with Crippen LogP contribution < -0.4 is 5.32 Å². The Kier molecular flexibility index (Phi) is 4.47. The number of piperazine rings is 1. The molecule has 1 N–H and O–H groups in total. The largest absolute Gasteiger partial charge is 0.333 e. The van der Waals surface area contributed by atoms with Crippen LogP contribution in [0.2, 0.25) is 0 Å². The highest BCUT2D eigenvalue weighted by molar-refractivity contribution is 7.90. The van der Waals surface area contributed by atoms with Crippen LogP contribution in [0.25, 0.3) is 0 Å². The SMILES string of the molecule is Cc1ccc(S(=O)(=O)n2ccc(C(=O)N3CCNCC3C)c2)cc1. The first-order valence-corrected chi connectivity index (χ1v) is 9.35. The van der Waals surface area contributed by atoms with Crippen LogP contribution in [0.3, 0.4) is 0 Å². The minimum Gasteiger partial charge on any atom is -0.333 e. The molecule has 1 fully saturated rings. The van der Waals surface area contributed by atoms with Crippen molar-refractivity contribution in [3.05, 3.63) is 53.9 Å². The Morgan fingerprint density at radius 1 is 1.21 bits per heavy atom. The second-order valence-corrected chi connectivity index (χ2v) is 7.94. The van der Waals surface area contributed by atoms with E-state index in [1.165, 1.54) is 12.4 Å². The Morgan fingerprint density at radius 3 is 2.58 bits per heavy atom. The number of carbonyl (C=O) groups is 1. The van der Waals surface area contributed by atoms with Crippen molar-refractivity contribution in [1.82, 2.24) is 14.2 Å². The van der Waals surface area contributed by atoms with Gasteiger partial charge in [-0.15, -0.1) is 0 Å². The van der Waals surface area contributed by atoms with E-state index in [1.807, 2.05) is 13.8 Å². The summed E-state index contributed by atoms with van der Waals surface area (Å²) in [6, 6.07) is 8.30. The van der Waals surface area contributed by atoms with E-state index in [0.717, 1.165) is 22.6 Å². The maximum atomic E-state index is 12.6. The quantitative estimate of drug-likeness (QED) is 0.913. The predicted molar refractivity (Wildman–Crippen MR) is 91.6 cm³/mol. The van der Waals surface area contributed by atoms with Crippen molar-refractivity contribution in [1.29, 1.82) is 0 Å². The number of aromatic nitrogens is 1. The van der Waals surface area contributed by atoms with Gasteiger partial charge in [0, 0.05) is 38.1 Å². The van der Waals surface area contributed by atoms with Crippen LogP contribution in [0.5, 0.6) is 0 Å². The van der Waals surface area contributed by atoms with Crippen molar-refractivity contribution in [2.24, 2.45) is 0 Å². The summed E-state index contributed by atoms with van der Waals surface area (Å²) >= 11 is 0. The molecule has 0 saturated carbocycles. The third-order valence-corrected chi connectivity index (χ3v) is 5.92. The topological polar surface area (TPSA) is 71.4 Å². The number of rotatable bonds is 3. The molecule has 1 aliphatic heterocycles. The van der Waals surface area contributed by atoms with Gasteiger partial charge in [-0.25, -0.2) is 12.4 Å². The Labute approximate surface area is 142 Å². The fourth-order valence-corrected chi connectivity index (χ4v) is 3.99. The van der Waals surface area contributed by atoms with Crippen molar-refractivity contribution >= 4 is 15.9 Å². The number of benzene rings is 1. The fraction of sp³-hybridized carbons (Fsp3) is 0.353. The molecule has 6 nitrogen and oxygen atoms in total. The second-order valence-electron chi connectivity index (χ2n) is 6.10. The molecule has 1 aliphatic rings. The van der Waals surface area contributed by atoms with Gasteiger partial charge in [0.15, 0.2) is 0 Å². The zero-order chi connectivity index (χ0) is 17.3. The molecule has 0 spiro atoms. The van der Waals surface area contributed by atoms with E-state index in [0.29, 0.717) is 12.1 Å². The maximum Gasteiger partial charge on any atom is 0.267 e. The molecule has 1 saturated heterocycles. The highest BCUT2D eigenvalue weighted by Crippen LogP contribution is 2.17. The Bertz CT molecular complexity index is 840. The van der Waals surface area contributed by atoms with Gasteiger partial charge in [-0.2, -0.15) is 0 Å². The van der Waals surface area contributed by atoms with Crippen LogP contribution >= 0.6 is 0 Å². The number of hydrogen-bond donors (Lipinski definition) is 1. The summed E-state index contributed by atoms with van der Waals surface area (Å²) in [7, 11) is -3.68. The van der Waals surface area contributed by atoms with E-state index in [1.54, 1.807) is 35.2 Å². The van der Waals surface area contributed by atoms with Crippen LogP contribution in [-0.2, 0) is 10.0 Å². The average Bonchev–Trinajstić information content (AvgIpc) is 3.06. The van der Waals surface area contributed by atoms with Gasteiger partial charge in [-0.3, -0.25) is 4.79 Å². The van der Waals surface area contributed by atoms with E-state index in [-0.39, 0.29) is 16.8 Å². The number of nitrogens with zero attached hydrogens (tertiary/aromatic N) is 2. The summed E-state index contributed by atoms with van der Waals surface area (Å²) in [4.78, 5) is 14.6. The van der Waals surface area contributed by atoms with Crippen LogP contribution in [0, 0.1) is 6.92 Å². The lowest BCUT2D eigenvalue weighted by Gasteiger charge is -2.33. The zero-order valence-electron chi connectivity index (χ0n) is 13.8. The first-order valence-electron chi connectivity index (χ1n) is 7.91. The zero-order valence-corrected chi connectivity index (χ0v) is 14.6. The number of amides is 1. The molecule has 128 valence electrons. The number of hydrogen-bond acceptors (Lipinski definition) is 4. The molecular formula is C17H21N3O3S. The summed E-state index contributed by atoms with van der Waals surface area (Å²) in [5, 5.41) is 3.23. The normalized spacial score (nSPS) is 18.6. The molecule has 24 heavy (non-hydrogen) atoms. The molecule has 1 amide bonds. The van der Waals surface area contributed by atoms with Gasteiger partial charge in [0.1, 0.15) is 0 Å². The summed E-state index contributed by atoms with van der Waals surface area (Å²) in [5.74, 6) is -0.137. The number of carbonyl (C=O) groups excluding carboxylic acids is 1. The predicted octanol–water partition coefficient (Wildman–Crippen LogP) is 1.47. The Morgan fingerprint density at radius 2 is 1.92 bits per heavy atom. The molecule has 2 heterocycles. The van der Waals surface area contributed by atoms with Crippen molar-refractivity contribution in [2.75, 3.05) is 19.6 Å². The van der Waals surface area contributed by atoms with Gasteiger partial charge in [0.05, 0.1) is 10.5 Å². The monoisotopic (exact) mass is 347 g/mol. The average molecular weight is 347 g/mol. The first-order chi connectivity index (χ1) is 11.4. The van der Waals surface area contributed by atoms with E-state index < -0.39 is 10.0 Å². The van der Waals surface area contributed by atoms with Crippen molar-refractivity contribution in [3.63, 3.8) is 0 Å².